The molecule has 2 heteroatoms. The van der Waals surface area contributed by atoms with E-state index in [1.54, 1.807) is 11.3 Å². The SMILES string of the molecule is C[C@@H]1[C@@H](C)C1(Cl)c1cccs1. The Morgan fingerprint density at radius 1 is 1.45 bits per heavy atom. The Labute approximate surface area is 76.2 Å². The second kappa shape index (κ2) is 2.24. The summed E-state index contributed by atoms with van der Waals surface area (Å²) in [5, 5.41) is 2.09. The highest BCUT2D eigenvalue weighted by Gasteiger charge is 2.59. The molecule has 0 aliphatic heterocycles. The summed E-state index contributed by atoms with van der Waals surface area (Å²) >= 11 is 8.19. The van der Waals surface area contributed by atoms with Crippen LogP contribution in [0, 0.1) is 11.8 Å². The van der Waals surface area contributed by atoms with Gasteiger partial charge in [0.2, 0.25) is 0 Å². The average molecular weight is 187 g/mol. The molecule has 0 spiro atoms. The molecule has 0 radical (unpaired) electrons. The van der Waals surface area contributed by atoms with E-state index in [4.69, 9.17) is 11.6 Å². The van der Waals surface area contributed by atoms with Crippen molar-refractivity contribution in [2.45, 2.75) is 18.7 Å². The molecule has 0 bridgehead atoms. The van der Waals surface area contributed by atoms with Crippen molar-refractivity contribution in [2.75, 3.05) is 0 Å². The van der Waals surface area contributed by atoms with Gasteiger partial charge in [-0.2, -0.15) is 0 Å². The summed E-state index contributed by atoms with van der Waals surface area (Å²) in [5.74, 6) is 1.28. The van der Waals surface area contributed by atoms with Crippen molar-refractivity contribution in [2.24, 2.45) is 11.8 Å². The van der Waals surface area contributed by atoms with Crippen molar-refractivity contribution < 1.29 is 0 Å². The van der Waals surface area contributed by atoms with Crippen molar-refractivity contribution in [3.63, 3.8) is 0 Å². The lowest BCUT2D eigenvalue weighted by molar-refractivity contribution is 0.834. The third-order valence-corrected chi connectivity index (χ3v) is 4.89. The lowest BCUT2D eigenvalue weighted by atomic mass is 10.2. The third-order valence-electron chi connectivity index (χ3n) is 2.87. The molecule has 60 valence electrons. The first-order valence-corrected chi connectivity index (χ1v) is 5.16. The van der Waals surface area contributed by atoms with E-state index in [0.717, 1.165) is 0 Å². The second-order valence-corrected chi connectivity index (χ2v) is 4.90. The van der Waals surface area contributed by atoms with E-state index >= 15 is 0 Å². The highest BCUT2D eigenvalue weighted by Crippen LogP contribution is 2.63. The maximum atomic E-state index is 6.42. The van der Waals surface area contributed by atoms with E-state index in [9.17, 15) is 0 Å². The zero-order valence-electron chi connectivity index (χ0n) is 6.67. The van der Waals surface area contributed by atoms with Crippen LogP contribution in [0.3, 0.4) is 0 Å². The van der Waals surface area contributed by atoms with Crippen LogP contribution in [0.2, 0.25) is 0 Å². The van der Waals surface area contributed by atoms with Gasteiger partial charge in [-0.1, -0.05) is 19.9 Å². The van der Waals surface area contributed by atoms with Gasteiger partial charge in [0.05, 0.1) is 4.87 Å². The number of rotatable bonds is 1. The largest absolute Gasteiger partial charge is 0.147 e. The molecule has 2 rings (SSSR count). The van der Waals surface area contributed by atoms with Gasteiger partial charge >= 0.3 is 0 Å². The Kier molecular flexibility index (Phi) is 1.55. The van der Waals surface area contributed by atoms with Gasteiger partial charge in [0.15, 0.2) is 0 Å². The predicted molar refractivity (Wildman–Crippen MR) is 50.2 cm³/mol. The monoisotopic (exact) mass is 186 g/mol. The van der Waals surface area contributed by atoms with E-state index in [1.165, 1.54) is 4.88 Å². The summed E-state index contributed by atoms with van der Waals surface area (Å²) in [6.45, 7) is 4.44. The molecule has 0 saturated heterocycles. The molecule has 1 aliphatic rings. The minimum atomic E-state index is -0.0197. The predicted octanol–water partition coefficient (Wildman–Crippen LogP) is 3.47. The summed E-state index contributed by atoms with van der Waals surface area (Å²) in [6.07, 6.45) is 0. The maximum absolute atomic E-state index is 6.42. The van der Waals surface area contributed by atoms with Crippen molar-refractivity contribution in [1.29, 1.82) is 0 Å². The van der Waals surface area contributed by atoms with Crippen LogP contribution in [0.1, 0.15) is 18.7 Å². The van der Waals surface area contributed by atoms with Crippen LogP contribution < -0.4 is 0 Å². The van der Waals surface area contributed by atoms with Crippen molar-refractivity contribution in [3.05, 3.63) is 22.4 Å². The molecule has 11 heavy (non-hydrogen) atoms. The number of hydrogen-bond donors (Lipinski definition) is 0. The topological polar surface area (TPSA) is 0 Å². The smallest absolute Gasteiger partial charge is 0.0844 e. The fourth-order valence-electron chi connectivity index (χ4n) is 1.67. The van der Waals surface area contributed by atoms with E-state index in [0.29, 0.717) is 11.8 Å². The van der Waals surface area contributed by atoms with E-state index in [1.807, 2.05) is 0 Å². The van der Waals surface area contributed by atoms with Gasteiger partial charge < -0.3 is 0 Å². The van der Waals surface area contributed by atoms with Crippen LogP contribution in [0.15, 0.2) is 17.5 Å². The molecule has 2 atom stereocenters. The Balaban J connectivity index is 2.32. The fourth-order valence-corrected chi connectivity index (χ4v) is 3.20. The third kappa shape index (κ3) is 0.875. The fraction of sp³-hybridized carbons (Fsp3) is 0.556. The highest BCUT2D eigenvalue weighted by molar-refractivity contribution is 7.10. The zero-order chi connectivity index (χ0) is 8.06. The van der Waals surface area contributed by atoms with Crippen LogP contribution in [0.4, 0.5) is 0 Å². The molecule has 0 nitrogen and oxygen atoms in total. The van der Waals surface area contributed by atoms with Crippen LogP contribution in [-0.4, -0.2) is 0 Å². The van der Waals surface area contributed by atoms with Gasteiger partial charge in [0.1, 0.15) is 0 Å². The standard InChI is InChI=1S/C9H11ClS/c1-6-7(2)9(6,10)8-4-3-5-11-8/h3-7H,1-2H3/t6-,7-/m1/s1. The van der Waals surface area contributed by atoms with Crippen molar-refractivity contribution in [1.82, 2.24) is 0 Å². The van der Waals surface area contributed by atoms with Crippen molar-refractivity contribution >= 4 is 22.9 Å². The Hall–Kier alpha value is -0.0100. The summed E-state index contributed by atoms with van der Waals surface area (Å²) < 4.78 is 0. The molecular formula is C9H11ClS. The average Bonchev–Trinajstić information content (AvgIpc) is 2.52. The van der Waals surface area contributed by atoms with Crippen LogP contribution >= 0.6 is 22.9 Å². The summed E-state index contributed by atoms with van der Waals surface area (Å²) in [4.78, 5) is 1.31. The van der Waals surface area contributed by atoms with E-state index in [2.05, 4.69) is 31.4 Å². The van der Waals surface area contributed by atoms with Gasteiger partial charge in [-0.15, -0.1) is 22.9 Å². The van der Waals surface area contributed by atoms with Gasteiger partial charge in [-0.25, -0.2) is 0 Å². The van der Waals surface area contributed by atoms with E-state index < -0.39 is 0 Å². The number of thiophene rings is 1. The van der Waals surface area contributed by atoms with Crippen LogP contribution in [0.25, 0.3) is 0 Å². The molecule has 0 unspecified atom stereocenters. The van der Waals surface area contributed by atoms with Crippen LogP contribution in [0.5, 0.6) is 0 Å². The minimum Gasteiger partial charge on any atom is -0.147 e. The minimum absolute atomic E-state index is 0.0197. The Bertz CT molecular complexity index is 245. The highest BCUT2D eigenvalue weighted by atomic mass is 35.5. The summed E-state index contributed by atoms with van der Waals surface area (Å²) in [5.41, 5.74) is 0. The quantitative estimate of drug-likeness (QED) is 0.590. The molecule has 1 aliphatic carbocycles. The molecule has 0 aromatic carbocycles. The second-order valence-electron chi connectivity index (χ2n) is 3.32. The Morgan fingerprint density at radius 3 is 2.45 bits per heavy atom. The molecule has 1 fully saturated rings. The molecule has 1 saturated carbocycles. The lowest BCUT2D eigenvalue weighted by Crippen LogP contribution is -1.96. The molecule has 0 amide bonds. The zero-order valence-corrected chi connectivity index (χ0v) is 8.25. The molecular weight excluding hydrogens is 176 g/mol. The molecule has 0 N–H and O–H groups in total. The molecule has 1 heterocycles. The first-order chi connectivity index (χ1) is 5.17. The number of hydrogen-bond acceptors (Lipinski definition) is 1. The number of alkyl halides is 1. The lowest BCUT2D eigenvalue weighted by Gasteiger charge is -2.03. The first kappa shape index (κ1) is 7.63. The van der Waals surface area contributed by atoms with Crippen LogP contribution in [-0.2, 0) is 4.87 Å². The molecule has 1 aromatic rings. The summed E-state index contributed by atoms with van der Waals surface area (Å²) in [7, 11) is 0. The van der Waals surface area contributed by atoms with Gasteiger partial charge in [0.25, 0.3) is 0 Å². The normalized spacial score (nSPS) is 42.5. The maximum Gasteiger partial charge on any atom is 0.0844 e. The first-order valence-electron chi connectivity index (χ1n) is 3.90. The van der Waals surface area contributed by atoms with Crippen molar-refractivity contribution in [3.8, 4) is 0 Å². The summed E-state index contributed by atoms with van der Waals surface area (Å²) in [6, 6.07) is 4.21. The Morgan fingerprint density at radius 2 is 2.09 bits per heavy atom. The van der Waals surface area contributed by atoms with Gasteiger partial charge in [-0.3, -0.25) is 0 Å². The van der Waals surface area contributed by atoms with Gasteiger partial charge in [-0.05, 0) is 23.3 Å². The molecule has 1 aromatic heterocycles. The number of halogens is 1. The van der Waals surface area contributed by atoms with Gasteiger partial charge in [0, 0.05) is 4.88 Å². The van der Waals surface area contributed by atoms with E-state index in [-0.39, 0.29) is 4.87 Å².